The van der Waals surface area contributed by atoms with Crippen molar-refractivity contribution in [2.24, 2.45) is 5.73 Å². The molecule has 18 heavy (non-hydrogen) atoms. The van der Waals surface area contributed by atoms with Crippen molar-refractivity contribution >= 4 is 21.6 Å². The monoisotopic (exact) mass is 324 g/mol. The molecule has 1 aromatic carbocycles. The molecule has 102 valence electrons. The number of halogens is 4. The van der Waals surface area contributed by atoms with Gasteiger partial charge in [0.2, 0.25) is 0 Å². The second-order valence-electron chi connectivity index (χ2n) is 4.17. The van der Waals surface area contributed by atoms with E-state index in [1.165, 1.54) is 6.07 Å². The average Bonchev–Trinajstić information content (AvgIpc) is 2.27. The minimum Gasteiger partial charge on any atom is -0.382 e. The van der Waals surface area contributed by atoms with Crippen molar-refractivity contribution in [3.8, 4) is 0 Å². The minimum absolute atomic E-state index is 0.168. The van der Waals surface area contributed by atoms with E-state index in [4.69, 9.17) is 5.73 Å². The third-order valence-corrected chi connectivity index (χ3v) is 3.20. The van der Waals surface area contributed by atoms with Gasteiger partial charge < -0.3 is 11.1 Å². The van der Waals surface area contributed by atoms with Gasteiger partial charge in [-0.25, -0.2) is 0 Å². The van der Waals surface area contributed by atoms with Gasteiger partial charge in [-0.1, -0.05) is 0 Å². The summed E-state index contributed by atoms with van der Waals surface area (Å²) in [6.45, 7) is 2.58. The third kappa shape index (κ3) is 4.49. The van der Waals surface area contributed by atoms with E-state index >= 15 is 0 Å². The van der Waals surface area contributed by atoms with Gasteiger partial charge in [0.25, 0.3) is 0 Å². The number of anilines is 1. The van der Waals surface area contributed by atoms with E-state index in [0.29, 0.717) is 16.7 Å². The van der Waals surface area contributed by atoms with Crippen LogP contribution in [0.1, 0.15) is 25.3 Å². The molecule has 0 aliphatic heterocycles. The van der Waals surface area contributed by atoms with Gasteiger partial charge in [-0.15, -0.1) is 0 Å². The highest BCUT2D eigenvalue weighted by Gasteiger charge is 2.30. The quantitative estimate of drug-likeness (QED) is 0.858. The molecule has 0 heterocycles. The maximum absolute atomic E-state index is 12.5. The van der Waals surface area contributed by atoms with E-state index in [0.717, 1.165) is 25.0 Å². The standard InChI is InChI=1S/C12H16BrF3N2/c1-8(3-2-6-17)18-11-5-4-9(7-10(11)13)12(14,15)16/h4-5,7-8,18H,2-3,6,17H2,1H3. The molecule has 1 atom stereocenters. The Morgan fingerprint density at radius 3 is 2.56 bits per heavy atom. The lowest BCUT2D eigenvalue weighted by molar-refractivity contribution is -0.137. The molecule has 1 aromatic rings. The first-order chi connectivity index (χ1) is 8.34. The average molecular weight is 325 g/mol. The minimum atomic E-state index is -4.31. The number of benzene rings is 1. The Hall–Kier alpha value is -0.750. The van der Waals surface area contributed by atoms with E-state index in [1.54, 1.807) is 0 Å². The highest BCUT2D eigenvalue weighted by Crippen LogP contribution is 2.34. The molecule has 0 saturated carbocycles. The fraction of sp³-hybridized carbons (Fsp3) is 0.500. The lowest BCUT2D eigenvalue weighted by Gasteiger charge is -2.17. The van der Waals surface area contributed by atoms with E-state index in [2.05, 4.69) is 21.2 Å². The van der Waals surface area contributed by atoms with Crippen molar-refractivity contribution in [2.75, 3.05) is 11.9 Å². The van der Waals surface area contributed by atoms with Gasteiger partial charge in [0.05, 0.1) is 5.56 Å². The molecule has 0 aromatic heterocycles. The SMILES string of the molecule is CC(CCCN)Nc1ccc(C(F)(F)F)cc1Br. The van der Waals surface area contributed by atoms with Gasteiger partial charge in [-0.2, -0.15) is 13.2 Å². The van der Waals surface area contributed by atoms with E-state index in [9.17, 15) is 13.2 Å². The highest BCUT2D eigenvalue weighted by molar-refractivity contribution is 9.10. The first-order valence-corrected chi connectivity index (χ1v) is 6.47. The molecule has 0 aliphatic rings. The number of nitrogens with one attached hydrogen (secondary N) is 1. The van der Waals surface area contributed by atoms with Crippen LogP contribution in [0.25, 0.3) is 0 Å². The summed E-state index contributed by atoms with van der Waals surface area (Å²) in [5.41, 5.74) is 5.41. The Kier molecular flexibility index (Phi) is 5.47. The summed E-state index contributed by atoms with van der Waals surface area (Å²) in [7, 11) is 0. The van der Waals surface area contributed by atoms with Crippen LogP contribution < -0.4 is 11.1 Å². The molecule has 6 heteroatoms. The summed E-state index contributed by atoms with van der Waals surface area (Å²) in [6, 6.07) is 3.76. The number of nitrogens with two attached hydrogens (primary N) is 1. The molecule has 2 nitrogen and oxygen atoms in total. The second kappa shape index (κ2) is 6.43. The van der Waals surface area contributed by atoms with Crippen LogP contribution in [0.4, 0.5) is 18.9 Å². The molecule has 0 spiro atoms. The molecular weight excluding hydrogens is 309 g/mol. The fourth-order valence-electron chi connectivity index (χ4n) is 1.57. The zero-order chi connectivity index (χ0) is 13.8. The van der Waals surface area contributed by atoms with E-state index < -0.39 is 11.7 Å². The van der Waals surface area contributed by atoms with Gasteiger partial charge in [0.15, 0.2) is 0 Å². The Labute approximate surface area is 113 Å². The molecule has 1 rings (SSSR count). The van der Waals surface area contributed by atoms with Gasteiger partial charge >= 0.3 is 6.18 Å². The number of hydrogen-bond acceptors (Lipinski definition) is 2. The zero-order valence-corrected chi connectivity index (χ0v) is 11.6. The van der Waals surface area contributed by atoms with Crippen LogP contribution in [0.2, 0.25) is 0 Å². The predicted octanol–water partition coefficient (Wildman–Crippen LogP) is 4.01. The Morgan fingerprint density at radius 2 is 2.06 bits per heavy atom. The summed E-state index contributed by atoms with van der Waals surface area (Å²) in [4.78, 5) is 0. The normalized spacial score (nSPS) is 13.4. The molecule has 0 saturated heterocycles. The number of rotatable bonds is 5. The van der Waals surface area contributed by atoms with Gasteiger partial charge in [0, 0.05) is 16.2 Å². The molecule has 1 unspecified atom stereocenters. The van der Waals surface area contributed by atoms with Crippen molar-refractivity contribution in [3.63, 3.8) is 0 Å². The largest absolute Gasteiger partial charge is 0.416 e. The van der Waals surface area contributed by atoms with Crippen LogP contribution in [-0.2, 0) is 6.18 Å². The van der Waals surface area contributed by atoms with Crippen LogP contribution in [0.3, 0.4) is 0 Å². The maximum Gasteiger partial charge on any atom is 0.416 e. The Morgan fingerprint density at radius 1 is 1.39 bits per heavy atom. The number of alkyl halides is 3. The van der Waals surface area contributed by atoms with Crippen molar-refractivity contribution in [1.29, 1.82) is 0 Å². The predicted molar refractivity (Wildman–Crippen MR) is 70.5 cm³/mol. The lowest BCUT2D eigenvalue weighted by atomic mass is 10.1. The van der Waals surface area contributed by atoms with Crippen molar-refractivity contribution in [1.82, 2.24) is 0 Å². The van der Waals surface area contributed by atoms with Crippen molar-refractivity contribution in [3.05, 3.63) is 28.2 Å². The Balaban J connectivity index is 2.74. The topological polar surface area (TPSA) is 38.0 Å². The summed E-state index contributed by atoms with van der Waals surface area (Å²) >= 11 is 3.15. The van der Waals surface area contributed by atoms with E-state index in [-0.39, 0.29) is 6.04 Å². The number of hydrogen-bond donors (Lipinski definition) is 2. The zero-order valence-electron chi connectivity index (χ0n) is 10.0. The van der Waals surface area contributed by atoms with Crippen LogP contribution in [0.5, 0.6) is 0 Å². The van der Waals surface area contributed by atoms with Crippen LogP contribution >= 0.6 is 15.9 Å². The third-order valence-electron chi connectivity index (χ3n) is 2.54. The summed E-state index contributed by atoms with van der Waals surface area (Å²) < 4.78 is 37.8. The van der Waals surface area contributed by atoms with Crippen molar-refractivity contribution < 1.29 is 13.2 Å². The molecule has 0 bridgehead atoms. The van der Waals surface area contributed by atoms with E-state index in [1.807, 2.05) is 6.92 Å². The van der Waals surface area contributed by atoms with Gasteiger partial charge in [-0.3, -0.25) is 0 Å². The molecular formula is C12H16BrF3N2. The lowest BCUT2D eigenvalue weighted by Crippen LogP contribution is -2.17. The molecule has 0 fully saturated rings. The molecule has 0 aliphatic carbocycles. The first kappa shape index (κ1) is 15.3. The maximum atomic E-state index is 12.5. The smallest absolute Gasteiger partial charge is 0.382 e. The van der Waals surface area contributed by atoms with Crippen LogP contribution in [0, 0.1) is 0 Å². The second-order valence-corrected chi connectivity index (χ2v) is 5.02. The first-order valence-electron chi connectivity index (χ1n) is 5.68. The highest BCUT2D eigenvalue weighted by atomic mass is 79.9. The Bertz CT molecular complexity index is 393. The van der Waals surface area contributed by atoms with Crippen molar-refractivity contribution in [2.45, 2.75) is 32.0 Å². The fourth-order valence-corrected chi connectivity index (χ4v) is 2.06. The van der Waals surface area contributed by atoms with Crippen LogP contribution in [0.15, 0.2) is 22.7 Å². The molecule has 0 radical (unpaired) electrons. The molecule has 3 N–H and O–H groups in total. The summed E-state index contributed by atoms with van der Waals surface area (Å²) in [6.07, 6.45) is -2.55. The summed E-state index contributed by atoms with van der Waals surface area (Å²) in [5, 5.41) is 3.15. The van der Waals surface area contributed by atoms with Gasteiger partial charge in [0.1, 0.15) is 0 Å². The molecule has 0 amide bonds. The van der Waals surface area contributed by atoms with Crippen LogP contribution in [-0.4, -0.2) is 12.6 Å². The summed E-state index contributed by atoms with van der Waals surface area (Å²) in [5.74, 6) is 0. The van der Waals surface area contributed by atoms with Gasteiger partial charge in [-0.05, 0) is 60.4 Å².